The fraction of sp³-hybridized carbons (Fsp3) is 0.630. The quantitative estimate of drug-likeness (QED) is 0.417. The first kappa shape index (κ1) is 25.4. The fourth-order valence-corrected chi connectivity index (χ4v) is 4.42. The number of aromatic nitrogens is 1. The molecule has 2 heterocycles. The number of carbonyl (C=O) groups is 1. The summed E-state index contributed by atoms with van der Waals surface area (Å²) in [5.41, 5.74) is 2.32. The Labute approximate surface area is 199 Å². The minimum atomic E-state index is 0.130. The van der Waals surface area contributed by atoms with Crippen molar-refractivity contribution in [2.45, 2.75) is 70.8 Å². The summed E-state index contributed by atoms with van der Waals surface area (Å²) in [5.74, 6) is 1.07. The zero-order chi connectivity index (χ0) is 23.3. The Bertz CT molecular complexity index is 850. The van der Waals surface area contributed by atoms with E-state index < -0.39 is 0 Å². The van der Waals surface area contributed by atoms with Gasteiger partial charge >= 0.3 is 0 Å². The largest absolute Gasteiger partial charge is 0.488 e. The summed E-state index contributed by atoms with van der Waals surface area (Å²) < 4.78 is 11.5. The van der Waals surface area contributed by atoms with Gasteiger partial charge in [0.05, 0.1) is 0 Å². The summed E-state index contributed by atoms with van der Waals surface area (Å²) in [7, 11) is 1.66. The van der Waals surface area contributed by atoms with Crippen molar-refractivity contribution < 1.29 is 14.3 Å². The van der Waals surface area contributed by atoms with E-state index in [1.165, 1.54) is 23.8 Å². The van der Waals surface area contributed by atoms with Crippen molar-refractivity contribution in [2.24, 2.45) is 0 Å². The molecule has 1 aliphatic rings. The van der Waals surface area contributed by atoms with Crippen molar-refractivity contribution in [2.75, 3.05) is 39.9 Å². The van der Waals surface area contributed by atoms with Crippen LogP contribution in [0.2, 0.25) is 0 Å². The fourth-order valence-electron chi connectivity index (χ4n) is 4.42. The molecule has 1 aromatic heterocycles. The summed E-state index contributed by atoms with van der Waals surface area (Å²) >= 11 is 0. The number of amides is 1. The molecule has 6 nitrogen and oxygen atoms in total. The molecule has 1 saturated heterocycles. The zero-order valence-corrected chi connectivity index (χ0v) is 20.5. The standard InChI is InChI=1S/C27H41N3O3/c1-3-4-9-22-20-23-10-7-15-29-27(23)25(21-22)33-24-12-17-30(18-13-24)16-6-5-14-28-26(31)11-8-19-32-2/h7,10,15,20-21,24H,3-6,8-9,11-14,16-19H2,1-2H3,(H,28,31). The van der Waals surface area contributed by atoms with Gasteiger partial charge < -0.3 is 19.7 Å². The first-order chi connectivity index (χ1) is 16.2. The highest BCUT2D eigenvalue weighted by molar-refractivity contribution is 5.85. The minimum Gasteiger partial charge on any atom is -0.488 e. The molecular formula is C27H41N3O3. The number of nitrogens with one attached hydrogen (secondary N) is 1. The van der Waals surface area contributed by atoms with Gasteiger partial charge in [-0.05, 0) is 75.3 Å². The summed E-state index contributed by atoms with van der Waals surface area (Å²) in [6.45, 7) is 6.85. The Morgan fingerprint density at radius 2 is 2.03 bits per heavy atom. The van der Waals surface area contributed by atoms with Crippen molar-refractivity contribution in [3.8, 4) is 5.75 Å². The van der Waals surface area contributed by atoms with Crippen LogP contribution in [0.4, 0.5) is 0 Å². The number of unbranched alkanes of at least 4 members (excludes halogenated alkanes) is 2. The molecule has 1 aromatic carbocycles. The van der Waals surface area contributed by atoms with Gasteiger partial charge in [-0.3, -0.25) is 9.78 Å². The molecule has 1 fully saturated rings. The summed E-state index contributed by atoms with van der Waals surface area (Å²) in [4.78, 5) is 18.9. The van der Waals surface area contributed by atoms with Gasteiger partial charge in [0.1, 0.15) is 17.4 Å². The average molecular weight is 456 g/mol. The highest BCUT2D eigenvalue weighted by Crippen LogP contribution is 2.29. The minimum absolute atomic E-state index is 0.130. The second kappa shape index (κ2) is 14.2. The van der Waals surface area contributed by atoms with Crippen molar-refractivity contribution in [1.29, 1.82) is 0 Å². The number of methoxy groups -OCH3 is 1. The molecule has 0 radical (unpaired) electrons. The van der Waals surface area contributed by atoms with E-state index in [0.29, 0.717) is 13.0 Å². The highest BCUT2D eigenvalue weighted by atomic mass is 16.5. The summed E-state index contributed by atoms with van der Waals surface area (Å²) in [6.07, 6.45) is 11.1. The van der Waals surface area contributed by atoms with Gasteiger partial charge in [-0.25, -0.2) is 0 Å². The maximum atomic E-state index is 11.7. The molecule has 1 amide bonds. The van der Waals surface area contributed by atoms with Gasteiger partial charge in [0.15, 0.2) is 0 Å². The van der Waals surface area contributed by atoms with Crippen molar-refractivity contribution >= 4 is 16.8 Å². The number of ether oxygens (including phenoxy) is 2. The van der Waals surface area contributed by atoms with Crippen LogP contribution in [0.5, 0.6) is 5.75 Å². The van der Waals surface area contributed by atoms with Crippen LogP contribution in [0.3, 0.4) is 0 Å². The number of carbonyl (C=O) groups excluding carboxylic acids is 1. The van der Waals surface area contributed by atoms with E-state index in [1.807, 2.05) is 12.3 Å². The van der Waals surface area contributed by atoms with Crippen LogP contribution in [0.1, 0.15) is 63.9 Å². The smallest absolute Gasteiger partial charge is 0.220 e. The molecule has 0 spiro atoms. The molecule has 182 valence electrons. The number of rotatable bonds is 14. The molecule has 0 aliphatic carbocycles. The van der Waals surface area contributed by atoms with E-state index in [-0.39, 0.29) is 12.0 Å². The van der Waals surface area contributed by atoms with E-state index in [4.69, 9.17) is 9.47 Å². The number of likely N-dealkylation sites (tertiary alicyclic amines) is 1. The number of piperidine rings is 1. The van der Waals surface area contributed by atoms with Gasteiger partial charge in [0, 0.05) is 51.4 Å². The van der Waals surface area contributed by atoms with Crippen molar-refractivity contribution in [3.05, 3.63) is 36.0 Å². The molecule has 0 bridgehead atoms. The number of aryl methyl sites for hydroxylation is 1. The number of benzene rings is 1. The third-order valence-corrected chi connectivity index (χ3v) is 6.35. The molecule has 6 heteroatoms. The molecule has 1 aliphatic heterocycles. The van der Waals surface area contributed by atoms with Gasteiger partial charge in [-0.15, -0.1) is 0 Å². The number of hydrogen-bond donors (Lipinski definition) is 1. The molecule has 33 heavy (non-hydrogen) atoms. The lowest BCUT2D eigenvalue weighted by atomic mass is 10.0. The zero-order valence-electron chi connectivity index (χ0n) is 20.5. The molecule has 1 N–H and O–H groups in total. The van der Waals surface area contributed by atoms with E-state index in [2.05, 4.69) is 40.3 Å². The van der Waals surface area contributed by atoms with E-state index >= 15 is 0 Å². The maximum Gasteiger partial charge on any atom is 0.220 e. The van der Waals surface area contributed by atoms with Crippen LogP contribution in [0.15, 0.2) is 30.5 Å². The molecular weight excluding hydrogens is 414 g/mol. The number of hydrogen-bond acceptors (Lipinski definition) is 5. The van der Waals surface area contributed by atoms with Crippen LogP contribution in [0.25, 0.3) is 10.9 Å². The normalized spacial score (nSPS) is 15.1. The Balaban J connectivity index is 1.39. The first-order valence-corrected chi connectivity index (χ1v) is 12.7. The van der Waals surface area contributed by atoms with Crippen LogP contribution < -0.4 is 10.1 Å². The predicted octanol–water partition coefficient (Wildman–Crippen LogP) is 4.74. The molecule has 0 unspecified atom stereocenters. The Hall–Kier alpha value is -2.18. The third-order valence-electron chi connectivity index (χ3n) is 6.35. The van der Waals surface area contributed by atoms with E-state index in [0.717, 1.165) is 76.0 Å². The van der Waals surface area contributed by atoms with Crippen LogP contribution in [-0.4, -0.2) is 61.8 Å². The van der Waals surface area contributed by atoms with Crippen LogP contribution in [0, 0.1) is 0 Å². The van der Waals surface area contributed by atoms with Gasteiger partial charge in [0.2, 0.25) is 5.91 Å². The second-order valence-electron chi connectivity index (χ2n) is 9.08. The van der Waals surface area contributed by atoms with Crippen LogP contribution >= 0.6 is 0 Å². The maximum absolute atomic E-state index is 11.7. The number of pyridine rings is 1. The lowest BCUT2D eigenvalue weighted by molar-refractivity contribution is -0.121. The second-order valence-corrected chi connectivity index (χ2v) is 9.08. The average Bonchev–Trinajstić information content (AvgIpc) is 2.84. The third kappa shape index (κ3) is 8.59. The highest BCUT2D eigenvalue weighted by Gasteiger charge is 2.21. The Morgan fingerprint density at radius 3 is 2.82 bits per heavy atom. The number of nitrogens with zero attached hydrogens (tertiary/aromatic N) is 2. The van der Waals surface area contributed by atoms with Gasteiger partial charge in [-0.1, -0.05) is 19.4 Å². The topological polar surface area (TPSA) is 63.7 Å². The lowest BCUT2D eigenvalue weighted by Gasteiger charge is -2.32. The monoisotopic (exact) mass is 455 g/mol. The molecule has 0 atom stereocenters. The number of fused-ring (bicyclic) bond motifs is 1. The summed E-state index contributed by atoms with van der Waals surface area (Å²) in [6, 6.07) is 8.60. The molecule has 0 saturated carbocycles. The van der Waals surface area contributed by atoms with E-state index in [1.54, 1.807) is 7.11 Å². The SMILES string of the molecule is CCCCc1cc(OC2CCN(CCCCNC(=O)CCCOC)CC2)c2ncccc2c1. The van der Waals surface area contributed by atoms with E-state index in [9.17, 15) is 4.79 Å². The van der Waals surface area contributed by atoms with Gasteiger partial charge in [-0.2, -0.15) is 0 Å². The summed E-state index contributed by atoms with van der Waals surface area (Å²) in [5, 5.41) is 4.18. The van der Waals surface area contributed by atoms with Crippen LogP contribution in [-0.2, 0) is 16.0 Å². The lowest BCUT2D eigenvalue weighted by Crippen LogP contribution is -2.39. The Kier molecular flexibility index (Phi) is 10.9. The van der Waals surface area contributed by atoms with Crippen molar-refractivity contribution in [3.63, 3.8) is 0 Å². The van der Waals surface area contributed by atoms with Gasteiger partial charge in [0.25, 0.3) is 0 Å². The first-order valence-electron chi connectivity index (χ1n) is 12.7. The molecule has 3 rings (SSSR count). The predicted molar refractivity (Wildman–Crippen MR) is 134 cm³/mol. The van der Waals surface area contributed by atoms with Crippen molar-refractivity contribution in [1.82, 2.24) is 15.2 Å². The Morgan fingerprint density at radius 1 is 1.18 bits per heavy atom. The molecule has 2 aromatic rings.